The molecule has 0 aliphatic carbocycles. The summed E-state index contributed by atoms with van der Waals surface area (Å²) in [5, 5.41) is 11.4. The van der Waals surface area contributed by atoms with Crippen LogP contribution in [0.25, 0.3) is 5.76 Å². The Balaban J connectivity index is 1.91. The first-order chi connectivity index (χ1) is 16.3. The van der Waals surface area contributed by atoms with E-state index < -0.39 is 17.7 Å². The highest BCUT2D eigenvalue weighted by atomic mass is 16.5. The number of amides is 1. The Morgan fingerprint density at radius 2 is 1.79 bits per heavy atom. The summed E-state index contributed by atoms with van der Waals surface area (Å²) >= 11 is 0. The molecule has 1 aromatic heterocycles. The van der Waals surface area contributed by atoms with Crippen LogP contribution in [-0.4, -0.2) is 40.9 Å². The number of hydrogen-bond acceptors (Lipinski definition) is 6. The van der Waals surface area contributed by atoms with E-state index in [1.165, 1.54) is 4.90 Å². The summed E-state index contributed by atoms with van der Waals surface area (Å²) in [7, 11) is 3.13. The van der Waals surface area contributed by atoms with Crippen molar-refractivity contribution in [2.45, 2.75) is 26.4 Å². The molecule has 0 spiro atoms. The summed E-state index contributed by atoms with van der Waals surface area (Å²) in [4.78, 5) is 32.2. The van der Waals surface area contributed by atoms with Gasteiger partial charge in [-0.15, -0.1) is 0 Å². The van der Waals surface area contributed by atoms with E-state index in [2.05, 4.69) is 4.98 Å². The third-order valence-electron chi connectivity index (χ3n) is 6.00. The first kappa shape index (κ1) is 23.0. The van der Waals surface area contributed by atoms with Gasteiger partial charge in [-0.25, -0.2) is 0 Å². The highest BCUT2D eigenvalue weighted by Gasteiger charge is 2.46. The lowest BCUT2D eigenvalue weighted by molar-refractivity contribution is -0.140. The van der Waals surface area contributed by atoms with Gasteiger partial charge in [0.1, 0.15) is 17.3 Å². The molecule has 2 aromatic carbocycles. The molecule has 1 N–H and O–H groups in total. The molecule has 3 aromatic rings. The van der Waals surface area contributed by atoms with Gasteiger partial charge >= 0.3 is 0 Å². The SMILES string of the molecule is COc1cccc(C2/C(=C(\O)c3cc(C)c(OC)cc3C)C(=O)C(=O)N2Cc2ccccn2)c1. The van der Waals surface area contributed by atoms with Crippen LogP contribution in [0.5, 0.6) is 11.5 Å². The number of aliphatic hydroxyl groups excluding tert-OH is 1. The quantitative estimate of drug-likeness (QED) is 0.336. The second-order valence-corrected chi connectivity index (χ2v) is 8.16. The molecule has 1 fully saturated rings. The molecule has 7 nitrogen and oxygen atoms in total. The van der Waals surface area contributed by atoms with E-state index in [0.29, 0.717) is 28.3 Å². The van der Waals surface area contributed by atoms with Gasteiger partial charge in [0.15, 0.2) is 0 Å². The monoisotopic (exact) mass is 458 g/mol. The fourth-order valence-electron chi connectivity index (χ4n) is 4.28. The van der Waals surface area contributed by atoms with Crippen molar-refractivity contribution in [3.8, 4) is 11.5 Å². The predicted molar refractivity (Wildman–Crippen MR) is 128 cm³/mol. The maximum absolute atomic E-state index is 13.3. The Morgan fingerprint density at radius 3 is 2.47 bits per heavy atom. The van der Waals surface area contributed by atoms with Crippen molar-refractivity contribution in [2.24, 2.45) is 0 Å². The van der Waals surface area contributed by atoms with Crippen LogP contribution in [0.3, 0.4) is 0 Å². The van der Waals surface area contributed by atoms with Crippen LogP contribution in [0, 0.1) is 13.8 Å². The van der Waals surface area contributed by atoms with Crippen molar-refractivity contribution in [2.75, 3.05) is 14.2 Å². The van der Waals surface area contributed by atoms with Crippen LogP contribution in [0.2, 0.25) is 0 Å². The van der Waals surface area contributed by atoms with Gasteiger partial charge in [0.05, 0.1) is 38.1 Å². The van der Waals surface area contributed by atoms with E-state index in [1.54, 1.807) is 62.9 Å². The molecular formula is C27H26N2O5. The number of ether oxygens (including phenoxy) is 2. The van der Waals surface area contributed by atoms with Crippen LogP contribution < -0.4 is 9.47 Å². The molecule has 4 rings (SSSR count). The minimum atomic E-state index is -0.807. The molecule has 1 aliphatic heterocycles. The van der Waals surface area contributed by atoms with Gasteiger partial charge in [-0.2, -0.15) is 0 Å². The van der Waals surface area contributed by atoms with E-state index in [1.807, 2.05) is 26.0 Å². The lowest BCUT2D eigenvalue weighted by atomic mass is 9.93. The number of aliphatic hydroxyl groups is 1. The number of aromatic nitrogens is 1. The average molecular weight is 459 g/mol. The average Bonchev–Trinajstić information content (AvgIpc) is 3.10. The van der Waals surface area contributed by atoms with E-state index in [0.717, 1.165) is 11.1 Å². The van der Waals surface area contributed by atoms with Gasteiger partial charge in [0.2, 0.25) is 0 Å². The van der Waals surface area contributed by atoms with Gasteiger partial charge in [-0.3, -0.25) is 14.6 Å². The molecule has 0 saturated carbocycles. The Labute approximate surface area is 198 Å². The molecule has 1 unspecified atom stereocenters. The predicted octanol–water partition coefficient (Wildman–Crippen LogP) is 4.34. The van der Waals surface area contributed by atoms with Crippen molar-refractivity contribution in [3.63, 3.8) is 0 Å². The maximum atomic E-state index is 13.3. The van der Waals surface area contributed by atoms with Gasteiger partial charge in [-0.1, -0.05) is 18.2 Å². The number of methoxy groups -OCH3 is 2. The van der Waals surface area contributed by atoms with Crippen LogP contribution >= 0.6 is 0 Å². The van der Waals surface area contributed by atoms with Crippen LogP contribution in [0.15, 0.2) is 66.4 Å². The molecule has 0 bridgehead atoms. The number of aryl methyl sites for hydroxylation is 2. The van der Waals surface area contributed by atoms with E-state index in [-0.39, 0.29) is 17.9 Å². The standard InChI is InChI=1S/C27H26N2O5/c1-16-13-22(34-4)17(2)12-21(16)25(30)23-24(18-8-7-10-20(14-18)33-3)29(27(32)26(23)31)15-19-9-5-6-11-28-19/h5-14,24,30H,15H2,1-4H3/b25-23+. The number of Topliss-reactive ketones (excluding diaryl/α,β-unsaturated/α-hetero) is 1. The summed E-state index contributed by atoms with van der Waals surface area (Å²) in [5.41, 5.74) is 3.31. The molecular weight excluding hydrogens is 432 g/mol. The van der Waals surface area contributed by atoms with E-state index in [9.17, 15) is 14.7 Å². The lowest BCUT2D eigenvalue weighted by Crippen LogP contribution is -2.29. The molecule has 1 saturated heterocycles. The number of nitrogens with zero attached hydrogens (tertiary/aromatic N) is 2. The highest BCUT2D eigenvalue weighted by molar-refractivity contribution is 6.46. The second-order valence-electron chi connectivity index (χ2n) is 8.16. The normalized spacial score (nSPS) is 17.2. The Hall–Kier alpha value is -4.13. The minimum Gasteiger partial charge on any atom is -0.507 e. The number of pyridine rings is 1. The van der Waals surface area contributed by atoms with Gasteiger partial charge in [-0.05, 0) is 66.9 Å². The topological polar surface area (TPSA) is 89.0 Å². The van der Waals surface area contributed by atoms with E-state index >= 15 is 0 Å². The summed E-state index contributed by atoms with van der Waals surface area (Å²) in [6.45, 7) is 3.79. The molecule has 1 amide bonds. The van der Waals surface area contributed by atoms with Crippen LogP contribution in [0.4, 0.5) is 0 Å². The van der Waals surface area contributed by atoms with Gasteiger partial charge in [0.25, 0.3) is 11.7 Å². The summed E-state index contributed by atoms with van der Waals surface area (Å²) in [6.07, 6.45) is 1.63. The molecule has 34 heavy (non-hydrogen) atoms. The number of hydrogen-bond donors (Lipinski definition) is 1. The van der Waals surface area contributed by atoms with Gasteiger partial charge < -0.3 is 19.5 Å². The van der Waals surface area contributed by atoms with Crippen molar-refractivity contribution in [3.05, 3.63) is 94.3 Å². The minimum absolute atomic E-state index is 0.0295. The number of rotatable bonds is 6. The van der Waals surface area contributed by atoms with Crippen molar-refractivity contribution >= 4 is 17.4 Å². The zero-order chi connectivity index (χ0) is 24.4. The number of benzene rings is 2. The van der Waals surface area contributed by atoms with E-state index in [4.69, 9.17) is 9.47 Å². The number of carbonyl (C=O) groups is 2. The third kappa shape index (κ3) is 4.12. The van der Waals surface area contributed by atoms with Crippen LogP contribution in [-0.2, 0) is 16.1 Å². The largest absolute Gasteiger partial charge is 0.507 e. The van der Waals surface area contributed by atoms with Crippen molar-refractivity contribution in [1.82, 2.24) is 9.88 Å². The number of ketones is 1. The Bertz CT molecular complexity index is 1280. The molecule has 7 heteroatoms. The number of carbonyl (C=O) groups excluding carboxylic acids is 2. The molecule has 1 aliphatic rings. The maximum Gasteiger partial charge on any atom is 0.296 e. The number of likely N-dealkylation sites (tertiary alicyclic amines) is 1. The van der Waals surface area contributed by atoms with Crippen LogP contribution in [0.1, 0.15) is 34.0 Å². The summed E-state index contributed by atoms with van der Waals surface area (Å²) < 4.78 is 10.7. The zero-order valence-corrected chi connectivity index (χ0v) is 19.5. The second kappa shape index (κ2) is 9.39. The molecule has 2 heterocycles. The summed E-state index contributed by atoms with van der Waals surface area (Å²) in [5.74, 6) is -0.402. The first-order valence-electron chi connectivity index (χ1n) is 10.8. The molecule has 1 atom stereocenters. The highest BCUT2D eigenvalue weighted by Crippen LogP contribution is 2.42. The smallest absolute Gasteiger partial charge is 0.296 e. The van der Waals surface area contributed by atoms with Crippen molar-refractivity contribution < 1.29 is 24.2 Å². The fraction of sp³-hybridized carbons (Fsp3) is 0.222. The zero-order valence-electron chi connectivity index (χ0n) is 19.5. The van der Waals surface area contributed by atoms with Crippen molar-refractivity contribution in [1.29, 1.82) is 0 Å². The molecule has 0 radical (unpaired) electrons. The first-order valence-corrected chi connectivity index (χ1v) is 10.8. The Morgan fingerprint density at radius 1 is 1.00 bits per heavy atom. The lowest BCUT2D eigenvalue weighted by Gasteiger charge is -2.25. The fourth-order valence-corrected chi connectivity index (χ4v) is 4.28. The van der Waals surface area contributed by atoms with Gasteiger partial charge in [0, 0.05) is 11.8 Å². The third-order valence-corrected chi connectivity index (χ3v) is 6.00. The molecule has 174 valence electrons. The Kier molecular flexibility index (Phi) is 6.36. The summed E-state index contributed by atoms with van der Waals surface area (Å²) in [6, 6.07) is 15.3.